The number of nitrogens with zero attached hydrogens (tertiary/aromatic N) is 1. The van der Waals surface area contributed by atoms with Crippen molar-refractivity contribution in [3.8, 4) is 0 Å². The smallest absolute Gasteiger partial charge is 0.0985 e. The zero-order chi connectivity index (χ0) is 13.2. The molecule has 1 unspecified atom stereocenters. The van der Waals surface area contributed by atoms with Crippen molar-refractivity contribution in [2.45, 2.75) is 64.0 Å². The number of hydrogen-bond acceptors (Lipinski definition) is 4. The molecular formula is C15H24N2OS. The molecule has 1 N–H and O–H groups in total. The van der Waals surface area contributed by atoms with Gasteiger partial charge in [0.25, 0.3) is 0 Å². The lowest BCUT2D eigenvalue weighted by molar-refractivity contribution is 0.0803. The molecule has 1 aliphatic heterocycles. The lowest BCUT2D eigenvalue weighted by Crippen LogP contribution is -2.21. The average Bonchev–Trinajstić information content (AvgIpc) is 3.17. The molecule has 0 bridgehead atoms. The van der Waals surface area contributed by atoms with E-state index in [1.807, 2.05) is 11.3 Å². The highest BCUT2D eigenvalue weighted by Crippen LogP contribution is 2.44. The van der Waals surface area contributed by atoms with Gasteiger partial charge in [0.2, 0.25) is 0 Å². The van der Waals surface area contributed by atoms with E-state index in [0.717, 1.165) is 25.7 Å². The summed E-state index contributed by atoms with van der Waals surface area (Å²) in [5.41, 5.74) is 1.39. The summed E-state index contributed by atoms with van der Waals surface area (Å²) < 4.78 is 5.61. The lowest BCUT2D eigenvalue weighted by Gasteiger charge is -2.19. The third-order valence-corrected chi connectivity index (χ3v) is 5.12. The summed E-state index contributed by atoms with van der Waals surface area (Å²) in [6.45, 7) is 7.18. The van der Waals surface area contributed by atoms with Gasteiger partial charge in [0.1, 0.15) is 0 Å². The number of nitrogens with one attached hydrogen (secondary N) is 1. The van der Waals surface area contributed by atoms with E-state index in [2.05, 4.69) is 19.2 Å². The van der Waals surface area contributed by atoms with Crippen molar-refractivity contribution in [3.05, 3.63) is 15.6 Å². The third kappa shape index (κ3) is 3.36. The van der Waals surface area contributed by atoms with Gasteiger partial charge in [-0.1, -0.05) is 13.8 Å². The molecule has 0 spiro atoms. The molecule has 1 saturated carbocycles. The quantitative estimate of drug-likeness (QED) is 0.897. The van der Waals surface area contributed by atoms with E-state index >= 15 is 0 Å². The summed E-state index contributed by atoms with van der Waals surface area (Å²) in [6, 6.07) is 0.538. The summed E-state index contributed by atoms with van der Waals surface area (Å²) in [5.74, 6) is 1.29. The van der Waals surface area contributed by atoms with Crippen molar-refractivity contribution in [3.63, 3.8) is 0 Å². The molecule has 1 atom stereocenters. The Morgan fingerprint density at radius 1 is 1.32 bits per heavy atom. The summed E-state index contributed by atoms with van der Waals surface area (Å²) in [5, 5.41) is 4.86. The van der Waals surface area contributed by atoms with Crippen LogP contribution in [0.2, 0.25) is 0 Å². The fourth-order valence-electron chi connectivity index (χ4n) is 2.59. The van der Waals surface area contributed by atoms with Crippen LogP contribution in [0.15, 0.2) is 0 Å². The largest absolute Gasteiger partial charge is 0.381 e. The van der Waals surface area contributed by atoms with Crippen molar-refractivity contribution in [1.82, 2.24) is 10.3 Å². The molecule has 1 aromatic rings. The molecule has 1 aromatic heterocycles. The normalized spacial score (nSPS) is 24.1. The maximum Gasteiger partial charge on any atom is 0.0985 e. The SMILES string of the molecule is CC(C)NCc1sc(C2CCCOC2)nc1C1CC1. The molecule has 106 valence electrons. The molecule has 4 heteroatoms. The van der Waals surface area contributed by atoms with E-state index in [-0.39, 0.29) is 0 Å². The number of aromatic nitrogens is 1. The van der Waals surface area contributed by atoms with Gasteiger partial charge in [-0.3, -0.25) is 0 Å². The Bertz CT molecular complexity index is 420. The number of thiazole rings is 1. The van der Waals surface area contributed by atoms with Crippen LogP contribution in [0.3, 0.4) is 0 Å². The first kappa shape index (κ1) is 13.5. The molecule has 1 saturated heterocycles. The van der Waals surface area contributed by atoms with E-state index in [9.17, 15) is 0 Å². The van der Waals surface area contributed by atoms with E-state index in [4.69, 9.17) is 9.72 Å². The van der Waals surface area contributed by atoms with E-state index in [1.54, 1.807) is 0 Å². The highest BCUT2D eigenvalue weighted by molar-refractivity contribution is 7.11. The van der Waals surface area contributed by atoms with Crippen LogP contribution < -0.4 is 5.32 Å². The van der Waals surface area contributed by atoms with E-state index in [1.165, 1.54) is 41.3 Å². The van der Waals surface area contributed by atoms with Gasteiger partial charge < -0.3 is 10.1 Å². The molecule has 0 radical (unpaired) electrons. The average molecular weight is 280 g/mol. The Balaban J connectivity index is 1.75. The number of rotatable bonds is 5. The van der Waals surface area contributed by atoms with Crippen LogP contribution in [-0.4, -0.2) is 24.2 Å². The van der Waals surface area contributed by atoms with E-state index in [0.29, 0.717) is 12.0 Å². The minimum absolute atomic E-state index is 0.538. The molecular weight excluding hydrogens is 256 g/mol. The Morgan fingerprint density at radius 2 is 2.16 bits per heavy atom. The number of ether oxygens (including phenoxy) is 1. The van der Waals surface area contributed by atoms with Crippen LogP contribution in [0.25, 0.3) is 0 Å². The van der Waals surface area contributed by atoms with Crippen molar-refractivity contribution in [2.24, 2.45) is 0 Å². The highest BCUT2D eigenvalue weighted by Gasteiger charge is 2.31. The second kappa shape index (κ2) is 5.90. The van der Waals surface area contributed by atoms with Gasteiger partial charge in [0.05, 0.1) is 17.3 Å². The van der Waals surface area contributed by atoms with Gasteiger partial charge in [-0.25, -0.2) is 4.98 Å². The van der Waals surface area contributed by atoms with Crippen LogP contribution in [-0.2, 0) is 11.3 Å². The van der Waals surface area contributed by atoms with Crippen LogP contribution in [0, 0.1) is 0 Å². The topological polar surface area (TPSA) is 34.1 Å². The molecule has 0 aromatic carbocycles. The van der Waals surface area contributed by atoms with Crippen molar-refractivity contribution in [1.29, 1.82) is 0 Å². The number of hydrogen-bond donors (Lipinski definition) is 1. The molecule has 19 heavy (non-hydrogen) atoms. The first-order valence-electron chi connectivity index (χ1n) is 7.54. The molecule has 3 nitrogen and oxygen atoms in total. The molecule has 2 heterocycles. The Morgan fingerprint density at radius 3 is 2.79 bits per heavy atom. The summed E-state index contributed by atoms with van der Waals surface area (Å²) in [6.07, 6.45) is 5.09. The van der Waals surface area contributed by atoms with Gasteiger partial charge in [0, 0.05) is 35.9 Å². The van der Waals surface area contributed by atoms with Crippen LogP contribution in [0.1, 0.15) is 66.9 Å². The van der Waals surface area contributed by atoms with Gasteiger partial charge in [-0.15, -0.1) is 11.3 Å². The predicted octanol–water partition coefficient (Wildman–Crippen LogP) is 3.41. The molecule has 2 aliphatic rings. The Kier molecular flexibility index (Phi) is 4.20. The van der Waals surface area contributed by atoms with Crippen LogP contribution in [0.5, 0.6) is 0 Å². The zero-order valence-electron chi connectivity index (χ0n) is 11.9. The first-order chi connectivity index (χ1) is 9.24. The zero-order valence-corrected chi connectivity index (χ0v) is 12.8. The molecule has 2 fully saturated rings. The summed E-state index contributed by atoms with van der Waals surface area (Å²) in [7, 11) is 0. The van der Waals surface area contributed by atoms with Gasteiger partial charge in [0.15, 0.2) is 0 Å². The van der Waals surface area contributed by atoms with Crippen LogP contribution in [0.4, 0.5) is 0 Å². The molecule has 0 amide bonds. The minimum atomic E-state index is 0.538. The summed E-state index contributed by atoms with van der Waals surface area (Å²) in [4.78, 5) is 6.44. The Hall–Kier alpha value is -0.450. The third-order valence-electron chi connectivity index (χ3n) is 3.89. The van der Waals surface area contributed by atoms with E-state index < -0.39 is 0 Å². The second-order valence-electron chi connectivity index (χ2n) is 6.08. The maximum absolute atomic E-state index is 5.61. The van der Waals surface area contributed by atoms with Crippen LogP contribution >= 0.6 is 11.3 Å². The fourth-order valence-corrected chi connectivity index (χ4v) is 3.81. The van der Waals surface area contributed by atoms with Crippen molar-refractivity contribution in [2.75, 3.05) is 13.2 Å². The molecule has 3 rings (SSSR count). The first-order valence-corrected chi connectivity index (χ1v) is 8.36. The Labute approximate surface area is 119 Å². The van der Waals surface area contributed by atoms with Gasteiger partial charge in [-0.05, 0) is 25.7 Å². The highest BCUT2D eigenvalue weighted by atomic mass is 32.1. The fraction of sp³-hybridized carbons (Fsp3) is 0.800. The minimum Gasteiger partial charge on any atom is -0.381 e. The monoisotopic (exact) mass is 280 g/mol. The van der Waals surface area contributed by atoms with Crippen molar-refractivity contribution >= 4 is 11.3 Å². The standard InChI is InChI=1S/C15H24N2OS/c1-10(2)16-8-13-14(11-5-6-11)17-15(19-13)12-4-3-7-18-9-12/h10-12,16H,3-9H2,1-2H3. The van der Waals surface area contributed by atoms with Gasteiger partial charge in [-0.2, -0.15) is 0 Å². The summed E-state index contributed by atoms with van der Waals surface area (Å²) >= 11 is 1.92. The van der Waals surface area contributed by atoms with Crippen molar-refractivity contribution < 1.29 is 4.74 Å². The maximum atomic E-state index is 5.61. The second-order valence-corrected chi connectivity index (χ2v) is 7.20. The lowest BCUT2D eigenvalue weighted by atomic mass is 10.0. The molecule has 1 aliphatic carbocycles. The van der Waals surface area contributed by atoms with Gasteiger partial charge >= 0.3 is 0 Å². The predicted molar refractivity (Wildman–Crippen MR) is 78.9 cm³/mol.